The minimum atomic E-state index is -0.415. The fourth-order valence-corrected chi connectivity index (χ4v) is 4.11. The number of benzene rings is 3. The highest BCUT2D eigenvalue weighted by atomic mass is 32.1. The highest BCUT2D eigenvalue weighted by molar-refractivity contribution is 7.80. The van der Waals surface area contributed by atoms with Crippen LogP contribution < -0.4 is 10.2 Å². The van der Waals surface area contributed by atoms with Crippen LogP contribution in [0.1, 0.15) is 18.1 Å². The number of amidine groups is 1. The van der Waals surface area contributed by atoms with Crippen LogP contribution in [0.2, 0.25) is 0 Å². The van der Waals surface area contributed by atoms with E-state index in [-0.39, 0.29) is 0 Å². The van der Waals surface area contributed by atoms with Crippen molar-refractivity contribution in [2.75, 3.05) is 10.2 Å². The fraction of sp³-hybridized carbons (Fsp3) is 0.167. The molecule has 140 valence electrons. The zero-order chi connectivity index (χ0) is 19.6. The summed E-state index contributed by atoms with van der Waals surface area (Å²) in [6, 6.07) is 29.0. The summed E-state index contributed by atoms with van der Waals surface area (Å²) in [6.45, 7) is 4.30. The first kappa shape index (κ1) is 18.4. The maximum atomic E-state index is 5.71. The second-order valence-corrected chi connectivity index (χ2v) is 7.66. The van der Waals surface area contributed by atoms with Crippen LogP contribution in [-0.2, 0) is 6.42 Å². The van der Waals surface area contributed by atoms with Gasteiger partial charge in [0.1, 0.15) is 11.4 Å². The van der Waals surface area contributed by atoms with Crippen molar-refractivity contribution in [1.29, 1.82) is 0 Å². The van der Waals surface area contributed by atoms with Crippen molar-refractivity contribution in [2.24, 2.45) is 4.99 Å². The van der Waals surface area contributed by atoms with Crippen LogP contribution in [0.3, 0.4) is 0 Å². The molecule has 4 heteroatoms. The van der Waals surface area contributed by atoms with Crippen LogP contribution in [-0.4, -0.2) is 16.5 Å². The van der Waals surface area contributed by atoms with E-state index in [1.54, 1.807) is 0 Å². The van der Waals surface area contributed by atoms with Gasteiger partial charge in [0, 0.05) is 17.8 Å². The third kappa shape index (κ3) is 3.43. The highest BCUT2D eigenvalue weighted by Gasteiger charge is 2.45. The summed E-state index contributed by atoms with van der Waals surface area (Å²) in [5, 5.41) is 4.15. The van der Waals surface area contributed by atoms with Crippen LogP contribution in [0.15, 0.2) is 89.9 Å². The first-order valence-corrected chi connectivity index (χ1v) is 9.84. The van der Waals surface area contributed by atoms with E-state index in [4.69, 9.17) is 17.2 Å². The molecule has 0 radical (unpaired) electrons. The van der Waals surface area contributed by atoms with Crippen molar-refractivity contribution in [2.45, 2.75) is 25.8 Å². The molecule has 28 heavy (non-hydrogen) atoms. The van der Waals surface area contributed by atoms with Gasteiger partial charge in [0.25, 0.3) is 0 Å². The van der Waals surface area contributed by atoms with Crippen molar-refractivity contribution in [1.82, 2.24) is 0 Å². The van der Waals surface area contributed by atoms with Crippen molar-refractivity contribution in [3.8, 4) is 0 Å². The van der Waals surface area contributed by atoms with Gasteiger partial charge >= 0.3 is 0 Å². The van der Waals surface area contributed by atoms with Gasteiger partial charge in [-0.1, -0.05) is 66.7 Å². The zero-order valence-corrected chi connectivity index (χ0v) is 16.9. The van der Waals surface area contributed by atoms with Crippen molar-refractivity contribution < 1.29 is 0 Å². The van der Waals surface area contributed by atoms with Gasteiger partial charge in [0.2, 0.25) is 5.11 Å². The molecule has 0 saturated carbocycles. The zero-order valence-electron chi connectivity index (χ0n) is 16.1. The summed E-state index contributed by atoms with van der Waals surface area (Å²) in [5.74, 6) is 0.875. The molecule has 3 nitrogen and oxygen atoms in total. The predicted octanol–water partition coefficient (Wildman–Crippen LogP) is 5.61. The molecule has 0 fully saturated rings. The number of hydrogen-bond donors (Lipinski definition) is 1. The maximum absolute atomic E-state index is 5.71. The molecule has 1 heterocycles. The van der Waals surface area contributed by atoms with Gasteiger partial charge in [-0.15, -0.1) is 0 Å². The van der Waals surface area contributed by atoms with Crippen LogP contribution in [0.4, 0.5) is 11.4 Å². The molecule has 1 N–H and O–H groups in total. The van der Waals surface area contributed by atoms with Crippen LogP contribution in [0, 0.1) is 6.92 Å². The van der Waals surface area contributed by atoms with Crippen LogP contribution in [0.25, 0.3) is 0 Å². The molecule has 3 aromatic rings. The molecule has 0 amide bonds. The lowest BCUT2D eigenvalue weighted by Gasteiger charge is -2.37. The first-order chi connectivity index (χ1) is 13.6. The van der Waals surface area contributed by atoms with Gasteiger partial charge in [0.15, 0.2) is 0 Å². The monoisotopic (exact) mass is 385 g/mol. The number of aliphatic imine (C=N–C) groups is 1. The maximum Gasteiger partial charge on any atom is 0.202 e. The molecule has 1 aliphatic heterocycles. The van der Waals surface area contributed by atoms with E-state index in [1.165, 1.54) is 11.1 Å². The van der Waals surface area contributed by atoms with Gasteiger partial charge in [-0.25, -0.2) is 4.99 Å². The fourth-order valence-electron chi connectivity index (χ4n) is 3.71. The van der Waals surface area contributed by atoms with Crippen molar-refractivity contribution >= 4 is 34.5 Å². The Morgan fingerprint density at radius 3 is 2.18 bits per heavy atom. The molecule has 1 aliphatic rings. The standard InChI is InChI=1S/C24H23N3S/c1-18-11-9-10-16-21(18)25-22-24(2,17-19-12-5-3-6-13-19)27(23(28)26-22)20-14-7-4-8-15-20/h3-16H,17H2,1-2H3,(H,25,26,28). The molecule has 0 aliphatic carbocycles. The minimum Gasteiger partial charge on any atom is -0.341 e. The lowest BCUT2D eigenvalue weighted by molar-refractivity contribution is 0.626. The van der Waals surface area contributed by atoms with Crippen molar-refractivity contribution in [3.05, 3.63) is 96.1 Å². The summed E-state index contributed by atoms with van der Waals surface area (Å²) >= 11 is 5.71. The van der Waals surface area contributed by atoms with E-state index in [2.05, 4.69) is 72.6 Å². The van der Waals surface area contributed by atoms with Crippen LogP contribution >= 0.6 is 12.2 Å². The molecular formula is C24H23N3S. The molecule has 0 spiro atoms. The average molecular weight is 386 g/mol. The highest BCUT2D eigenvalue weighted by Crippen LogP contribution is 2.35. The SMILES string of the molecule is Cc1ccccc1NC1=NC(=S)N(c2ccccc2)C1(C)Cc1ccccc1. The van der Waals surface area contributed by atoms with Gasteiger partial charge in [-0.05, 0) is 55.4 Å². The Kier molecular flexibility index (Phi) is 4.97. The Hall–Kier alpha value is -2.98. The molecule has 0 aromatic heterocycles. The molecule has 0 saturated heterocycles. The third-order valence-electron chi connectivity index (χ3n) is 5.21. The Bertz CT molecular complexity index is 1010. The van der Waals surface area contributed by atoms with E-state index in [1.807, 2.05) is 36.4 Å². The predicted molar refractivity (Wildman–Crippen MR) is 122 cm³/mol. The minimum absolute atomic E-state index is 0.415. The Morgan fingerprint density at radius 2 is 1.50 bits per heavy atom. The quantitative estimate of drug-likeness (QED) is 0.591. The number of thiocarbonyl (C=S) groups is 1. The van der Waals surface area contributed by atoms with E-state index in [9.17, 15) is 0 Å². The molecule has 0 bridgehead atoms. The van der Waals surface area contributed by atoms with E-state index >= 15 is 0 Å². The topological polar surface area (TPSA) is 27.6 Å². The van der Waals surface area contributed by atoms with Crippen molar-refractivity contribution in [3.63, 3.8) is 0 Å². The number of aryl methyl sites for hydroxylation is 1. The Morgan fingerprint density at radius 1 is 0.893 bits per heavy atom. The summed E-state index contributed by atoms with van der Waals surface area (Å²) in [6.07, 6.45) is 0.792. The first-order valence-electron chi connectivity index (χ1n) is 9.43. The molecule has 1 atom stereocenters. The summed E-state index contributed by atoms with van der Waals surface area (Å²) in [7, 11) is 0. The van der Waals surface area contributed by atoms with E-state index in [0.29, 0.717) is 5.11 Å². The second kappa shape index (κ2) is 7.56. The molecular weight excluding hydrogens is 362 g/mol. The van der Waals surface area contributed by atoms with E-state index in [0.717, 1.165) is 23.6 Å². The van der Waals surface area contributed by atoms with Crippen LogP contribution in [0.5, 0.6) is 0 Å². The summed E-state index contributed by atoms with van der Waals surface area (Å²) in [4.78, 5) is 6.96. The molecule has 3 aromatic carbocycles. The molecule has 4 rings (SSSR count). The average Bonchev–Trinajstić information content (AvgIpc) is 2.94. The Balaban J connectivity index is 1.76. The normalized spacial score (nSPS) is 18.9. The summed E-state index contributed by atoms with van der Waals surface area (Å²) in [5.41, 5.74) is 4.11. The number of rotatable bonds is 4. The number of hydrogen-bond acceptors (Lipinski definition) is 2. The number of anilines is 2. The van der Waals surface area contributed by atoms with Gasteiger partial charge in [0.05, 0.1) is 0 Å². The number of para-hydroxylation sites is 2. The van der Waals surface area contributed by atoms with Gasteiger partial charge in [-0.2, -0.15) is 0 Å². The molecule has 1 unspecified atom stereocenters. The van der Waals surface area contributed by atoms with Gasteiger partial charge < -0.3 is 10.2 Å². The summed E-state index contributed by atoms with van der Waals surface area (Å²) < 4.78 is 0. The third-order valence-corrected chi connectivity index (χ3v) is 5.48. The second-order valence-electron chi connectivity index (χ2n) is 7.29. The largest absolute Gasteiger partial charge is 0.341 e. The smallest absolute Gasteiger partial charge is 0.202 e. The lowest BCUT2D eigenvalue weighted by atomic mass is 9.89. The Labute approximate surface area is 171 Å². The number of nitrogens with zero attached hydrogens (tertiary/aromatic N) is 2. The van der Waals surface area contributed by atoms with Gasteiger partial charge in [-0.3, -0.25) is 0 Å². The van der Waals surface area contributed by atoms with E-state index < -0.39 is 5.54 Å². The number of nitrogens with one attached hydrogen (secondary N) is 1. The lowest BCUT2D eigenvalue weighted by Crippen LogP contribution is -2.53.